The van der Waals surface area contributed by atoms with Gasteiger partial charge in [0, 0.05) is 11.4 Å². The molecule has 1 aromatic rings. The minimum absolute atomic E-state index is 0. The zero-order chi connectivity index (χ0) is 17.6. The van der Waals surface area contributed by atoms with Gasteiger partial charge in [0.2, 0.25) is 0 Å². The number of halogens is 1. The molecule has 1 saturated carbocycles. The molecule has 1 aliphatic carbocycles. The third kappa shape index (κ3) is 9.29. The van der Waals surface area contributed by atoms with Crippen molar-refractivity contribution in [2.24, 2.45) is 16.6 Å². The molecule has 4 N–H and O–H groups in total. The van der Waals surface area contributed by atoms with Crippen LogP contribution in [0, 0.1) is 5.92 Å². The van der Waals surface area contributed by atoms with Crippen molar-refractivity contribution in [3.63, 3.8) is 0 Å². The number of nitrogens with one attached hydrogen (secondary N) is 2. The first kappa shape index (κ1) is 22.0. The average Bonchev–Trinajstić information content (AvgIpc) is 3.19. The van der Waals surface area contributed by atoms with Crippen molar-refractivity contribution in [3.05, 3.63) is 22.4 Å². The molecule has 25 heavy (non-hydrogen) atoms. The van der Waals surface area contributed by atoms with Crippen molar-refractivity contribution in [2.75, 3.05) is 13.1 Å². The first-order valence-corrected chi connectivity index (χ1v) is 9.27. The Morgan fingerprint density at radius 1 is 1.48 bits per heavy atom. The largest absolute Gasteiger partial charge is 0.444 e. The van der Waals surface area contributed by atoms with Crippen molar-refractivity contribution in [2.45, 2.75) is 51.7 Å². The minimum Gasteiger partial charge on any atom is -0.444 e. The van der Waals surface area contributed by atoms with Gasteiger partial charge >= 0.3 is 6.09 Å². The van der Waals surface area contributed by atoms with E-state index in [1.54, 1.807) is 11.3 Å². The van der Waals surface area contributed by atoms with E-state index in [2.05, 4.69) is 27.1 Å². The predicted octanol–water partition coefficient (Wildman–Crippen LogP) is 3.12. The summed E-state index contributed by atoms with van der Waals surface area (Å²) in [6, 6.07) is 4.13. The molecule has 1 fully saturated rings. The van der Waals surface area contributed by atoms with Crippen molar-refractivity contribution in [3.8, 4) is 0 Å². The topological polar surface area (TPSA) is 88.7 Å². The second-order valence-corrected chi connectivity index (χ2v) is 8.10. The summed E-state index contributed by atoms with van der Waals surface area (Å²) >= 11 is 1.73. The predicted molar refractivity (Wildman–Crippen MR) is 114 cm³/mol. The van der Waals surface area contributed by atoms with Gasteiger partial charge in [0.05, 0.1) is 12.6 Å². The highest BCUT2D eigenvalue weighted by Crippen LogP contribution is 2.32. The lowest BCUT2D eigenvalue weighted by molar-refractivity contribution is 0.0500. The van der Waals surface area contributed by atoms with E-state index in [9.17, 15) is 4.79 Å². The summed E-state index contributed by atoms with van der Waals surface area (Å²) in [4.78, 5) is 17.6. The van der Waals surface area contributed by atoms with Gasteiger partial charge in [-0.25, -0.2) is 4.79 Å². The van der Waals surface area contributed by atoms with E-state index in [1.807, 2.05) is 26.8 Å². The third-order valence-electron chi connectivity index (χ3n) is 3.61. The summed E-state index contributed by atoms with van der Waals surface area (Å²) < 4.78 is 5.31. The Labute approximate surface area is 171 Å². The molecule has 1 aliphatic rings. The highest BCUT2D eigenvalue weighted by atomic mass is 127. The summed E-state index contributed by atoms with van der Waals surface area (Å²) in [5.41, 5.74) is 5.42. The number of carbonyl (C=O) groups excluding carboxylic acids is 1. The van der Waals surface area contributed by atoms with Gasteiger partial charge in [-0.15, -0.1) is 35.3 Å². The molecule has 0 saturated heterocycles. The Morgan fingerprint density at radius 2 is 2.20 bits per heavy atom. The number of amides is 1. The standard InChI is InChI=1S/C17H28N4O2S.HI/c1-17(2,3)23-16(22)21-14(12-6-7-12)11-20-15(18)19-9-8-13-5-4-10-24-13;/h4-5,10,12,14H,6-9,11H2,1-3H3,(H,21,22)(H3,18,19,20);1H. The lowest BCUT2D eigenvalue weighted by Gasteiger charge is -2.23. The summed E-state index contributed by atoms with van der Waals surface area (Å²) in [6.07, 6.45) is 2.76. The van der Waals surface area contributed by atoms with Crippen LogP contribution in [0.5, 0.6) is 0 Å². The van der Waals surface area contributed by atoms with Gasteiger partial charge < -0.3 is 21.1 Å². The van der Waals surface area contributed by atoms with E-state index in [1.165, 1.54) is 4.88 Å². The number of alkyl carbamates (subject to hydrolysis) is 1. The minimum atomic E-state index is -0.496. The lowest BCUT2D eigenvalue weighted by Crippen LogP contribution is -2.43. The van der Waals surface area contributed by atoms with Gasteiger partial charge in [0.1, 0.15) is 5.60 Å². The van der Waals surface area contributed by atoms with Crippen molar-refractivity contribution in [1.82, 2.24) is 10.6 Å². The van der Waals surface area contributed by atoms with Crippen LogP contribution < -0.4 is 16.4 Å². The quantitative estimate of drug-likeness (QED) is 0.318. The van der Waals surface area contributed by atoms with Crippen LogP contribution in [0.4, 0.5) is 4.79 Å². The number of rotatable bonds is 7. The maximum atomic E-state index is 11.9. The van der Waals surface area contributed by atoms with Crippen LogP contribution in [0.1, 0.15) is 38.5 Å². The monoisotopic (exact) mass is 480 g/mol. The molecule has 1 aromatic heterocycles. The second kappa shape index (κ2) is 10.2. The van der Waals surface area contributed by atoms with Gasteiger partial charge in [-0.05, 0) is 57.4 Å². The van der Waals surface area contributed by atoms with Gasteiger partial charge in [0.15, 0.2) is 5.96 Å². The highest BCUT2D eigenvalue weighted by Gasteiger charge is 2.33. The first-order valence-electron chi connectivity index (χ1n) is 8.39. The Bertz CT molecular complexity index is 553. The summed E-state index contributed by atoms with van der Waals surface area (Å²) in [5.74, 6) is 0.892. The van der Waals surface area contributed by atoms with Gasteiger partial charge in [0.25, 0.3) is 0 Å². The number of aliphatic imine (C=N–C) groups is 1. The van der Waals surface area contributed by atoms with Crippen molar-refractivity contribution < 1.29 is 9.53 Å². The van der Waals surface area contributed by atoms with E-state index in [4.69, 9.17) is 10.5 Å². The maximum absolute atomic E-state index is 11.9. The fraction of sp³-hybridized carbons (Fsp3) is 0.647. The fourth-order valence-electron chi connectivity index (χ4n) is 2.29. The molecule has 142 valence electrons. The zero-order valence-corrected chi connectivity index (χ0v) is 18.2. The zero-order valence-electron chi connectivity index (χ0n) is 15.1. The Morgan fingerprint density at radius 3 is 2.76 bits per heavy atom. The van der Waals surface area contributed by atoms with Crippen LogP contribution in [0.15, 0.2) is 22.5 Å². The molecule has 0 aromatic carbocycles. The van der Waals surface area contributed by atoms with Gasteiger partial charge in [-0.2, -0.15) is 0 Å². The molecule has 0 spiro atoms. The molecule has 8 heteroatoms. The summed E-state index contributed by atoms with van der Waals surface area (Å²) in [6.45, 7) is 6.79. The third-order valence-corrected chi connectivity index (χ3v) is 4.55. The molecule has 1 heterocycles. The highest BCUT2D eigenvalue weighted by molar-refractivity contribution is 14.0. The maximum Gasteiger partial charge on any atom is 0.407 e. The molecule has 1 atom stereocenters. The van der Waals surface area contributed by atoms with Gasteiger partial charge in [-0.3, -0.25) is 4.99 Å². The van der Waals surface area contributed by atoms with Crippen molar-refractivity contribution in [1.29, 1.82) is 0 Å². The average molecular weight is 480 g/mol. The summed E-state index contributed by atoms with van der Waals surface area (Å²) in [7, 11) is 0. The number of nitrogens with zero attached hydrogens (tertiary/aromatic N) is 1. The Kier molecular flexibility index (Phi) is 8.98. The second-order valence-electron chi connectivity index (χ2n) is 7.07. The first-order chi connectivity index (χ1) is 11.3. The van der Waals surface area contributed by atoms with E-state index in [0.717, 1.165) is 25.8 Å². The van der Waals surface area contributed by atoms with E-state index in [0.29, 0.717) is 18.4 Å². The smallest absolute Gasteiger partial charge is 0.407 e. The van der Waals surface area contributed by atoms with E-state index < -0.39 is 5.60 Å². The Balaban J connectivity index is 0.00000312. The number of carbonyl (C=O) groups is 1. The van der Waals surface area contributed by atoms with Crippen LogP contribution in [-0.4, -0.2) is 36.8 Å². The normalized spacial score (nSPS) is 15.9. The number of ether oxygens (including phenoxy) is 1. The van der Waals surface area contributed by atoms with E-state index in [-0.39, 0.29) is 36.1 Å². The van der Waals surface area contributed by atoms with E-state index >= 15 is 0 Å². The fourth-order valence-corrected chi connectivity index (χ4v) is 3.00. The van der Waals surface area contributed by atoms with Crippen molar-refractivity contribution >= 4 is 47.4 Å². The molecular formula is C17H29IN4O2S. The van der Waals surface area contributed by atoms with Crippen LogP contribution in [0.3, 0.4) is 0 Å². The molecule has 6 nitrogen and oxygen atoms in total. The number of nitrogens with two attached hydrogens (primary N) is 1. The van der Waals surface area contributed by atoms with Crippen LogP contribution in [-0.2, 0) is 11.2 Å². The number of thiophene rings is 1. The molecule has 0 aliphatic heterocycles. The number of hydrogen-bond acceptors (Lipinski definition) is 4. The molecule has 2 rings (SSSR count). The Hall–Kier alpha value is -1.03. The summed E-state index contributed by atoms with van der Waals surface area (Å²) in [5, 5.41) is 8.10. The molecule has 0 bridgehead atoms. The van der Waals surface area contributed by atoms with Crippen LogP contribution in [0.25, 0.3) is 0 Å². The molecule has 1 unspecified atom stereocenters. The van der Waals surface area contributed by atoms with Crippen LogP contribution >= 0.6 is 35.3 Å². The molecule has 1 amide bonds. The lowest BCUT2D eigenvalue weighted by atomic mass is 10.2. The number of guanidine groups is 1. The molecular weight excluding hydrogens is 451 g/mol. The van der Waals surface area contributed by atoms with Crippen LogP contribution in [0.2, 0.25) is 0 Å². The SMILES string of the molecule is CC(C)(C)OC(=O)NC(CN=C(N)NCCc1cccs1)C1CC1.I. The molecule has 0 radical (unpaired) electrons. The van der Waals surface area contributed by atoms with Gasteiger partial charge in [-0.1, -0.05) is 6.07 Å². The number of hydrogen-bond donors (Lipinski definition) is 3.